The van der Waals surface area contributed by atoms with Gasteiger partial charge in [-0.2, -0.15) is 0 Å². The Kier molecular flexibility index (Phi) is 11.0. The molecule has 0 aromatic heterocycles. The predicted octanol–water partition coefficient (Wildman–Crippen LogP) is 8.82. The van der Waals surface area contributed by atoms with Gasteiger partial charge in [-0.15, -0.1) is 0 Å². The summed E-state index contributed by atoms with van der Waals surface area (Å²) in [6, 6.07) is 4.41. The summed E-state index contributed by atoms with van der Waals surface area (Å²) < 4.78 is 12.3. The van der Waals surface area contributed by atoms with Crippen molar-refractivity contribution in [1.29, 1.82) is 0 Å². The quantitative estimate of drug-likeness (QED) is 0.301. The summed E-state index contributed by atoms with van der Waals surface area (Å²) in [5, 5.41) is 0. The predicted molar refractivity (Wildman–Crippen MR) is 133 cm³/mol. The van der Waals surface area contributed by atoms with Crippen LogP contribution in [0.2, 0.25) is 0 Å². The van der Waals surface area contributed by atoms with Crippen LogP contribution in [0.15, 0.2) is 18.2 Å². The Morgan fingerprint density at radius 2 is 1.67 bits per heavy atom. The van der Waals surface area contributed by atoms with E-state index in [2.05, 4.69) is 79.7 Å². The molecule has 1 aromatic rings. The SMILES string of the molecule is CCCCC(CC)COc1cc(C(C)(C)CC)c(OC)cc1C=CC(C)(C)CCC. The van der Waals surface area contributed by atoms with Gasteiger partial charge in [0.15, 0.2) is 0 Å². The summed E-state index contributed by atoms with van der Waals surface area (Å²) in [5.74, 6) is 2.56. The van der Waals surface area contributed by atoms with E-state index in [1.807, 2.05) is 0 Å². The Hall–Kier alpha value is -1.44. The molecule has 0 saturated carbocycles. The van der Waals surface area contributed by atoms with Gasteiger partial charge in [0.1, 0.15) is 11.5 Å². The van der Waals surface area contributed by atoms with Gasteiger partial charge in [0, 0.05) is 11.1 Å². The molecule has 1 aromatic carbocycles. The van der Waals surface area contributed by atoms with Crippen molar-refractivity contribution in [3.05, 3.63) is 29.3 Å². The number of rotatable bonds is 14. The molecule has 0 bridgehead atoms. The summed E-state index contributed by atoms with van der Waals surface area (Å²) in [7, 11) is 1.78. The summed E-state index contributed by atoms with van der Waals surface area (Å²) >= 11 is 0. The zero-order valence-electron chi connectivity index (χ0n) is 21.4. The Morgan fingerprint density at radius 1 is 0.967 bits per heavy atom. The van der Waals surface area contributed by atoms with Crippen LogP contribution < -0.4 is 9.47 Å². The molecule has 0 heterocycles. The molecule has 0 radical (unpaired) electrons. The lowest BCUT2D eigenvalue weighted by atomic mass is 9.81. The third kappa shape index (κ3) is 8.00. The molecule has 30 heavy (non-hydrogen) atoms. The fourth-order valence-corrected chi connectivity index (χ4v) is 3.87. The highest BCUT2D eigenvalue weighted by molar-refractivity contribution is 5.63. The second-order valence-corrected chi connectivity index (χ2v) is 10.1. The minimum absolute atomic E-state index is 0.0412. The molecule has 2 heteroatoms. The van der Waals surface area contributed by atoms with Gasteiger partial charge in [0.05, 0.1) is 13.7 Å². The van der Waals surface area contributed by atoms with Crippen LogP contribution in [0, 0.1) is 11.3 Å². The van der Waals surface area contributed by atoms with E-state index in [4.69, 9.17) is 9.47 Å². The van der Waals surface area contributed by atoms with Gasteiger partial charge in [-0.25, -0.2) is 0 Å². The molecule has 1 atom stereocenters. The van der Waals surface area contributed by atoms with Crippen molar-refractivity contribution in [1.82, 2.24) is 0 Å². The van der Waals surface area contributed by atoms with Gasteiger partial charge in [-0.1, -0.05) is 93.2 Å². The highest BCUT2D eigenvalue weighted by Crippen LogP contribution is 2.40. The molecule has 0 fully saturated rings. The van der Waals surface area contributed by atoms with Crippen molar-refractivity contribution in [2.45, 2.75) is 106 Å². The van der Waals surface area contributed by atoms with E-state index < -0.39 is 0 Å². The number of unbranched alkanes of at least 4 members (excludes halogenated alkanes) is 1. The number of ether oxygens (including phenoxy) is 2. The van der Waals surface area contributed by atoms with Crippen LogP contribution in [-0.2, 0) is 5.41 Å². The van der Waals surface area contributed by atoms with Crippen molar-refractivity contribution in [2.75, 3.05) is 13.7 Å². The van der Waals surface area contributed by atoms with Crippen LogP contribution in [-0.4, -0.2) is 13.7 Å². The lowest BCUT2D eigenvalue weighted by molar-refractivity contribution is 0.232. The summed E-state index contributed by atoms with van der Waals surface area (Å²) in [5.41, 5.74) is 2.57. The molecule has 1 rings (SSSR count). The van der Waals surface area contributed by atoms with Crippen LogP contribution in [0.25, 0.3) is 6.08 Å². The molecule has 0 amide bonds. The van der Waals surface area contributed by atoms with E-state index in [1.54, 1.807) is 7.11 Å². The van der Waals surface area contributed by atoms with Crippen LogP contribution in [0.4, 0.5) is 0 Å². The summed E-state index contributed by atoms with van der Waals surface area (Å²) in [4.78, 5) is 0. The molecular weight excluding hydrogens is 368 g/mol. The third-order valence-corrected chi connectivity index (χ3v) is 6.57. The van der Waals surface area contributed by atoms with Crippen molar-refractivity contribution in [3.63, 3.8) is 0 Å². The van der Waals surface area contributed by atoms with Gasteiger partial charge in [-0.05, 0) is 48.1 Å². The Bertz CT molecular complexity index is 655. The van der Waals surface area contributed by atoms with Gasteiger partial charge in [0.25, 0.3) is 0 Å². The molecule has 0 aliphatic rings. The fraction of sp³-hybridized carbons (Fsp3) is 0.714. The maximum atomic E-state index is 6.49. The smallest absolute Gasteiger partial charge is 0.127 e. The van der Waals surface area contributed by atoms with Gasteiger partial charge >= 0.3 is 0 Å². The van der Waals surface area contributed by atoms with Crippen molar-refractivity contribution >= 4 is 6.08 Å². The van der Waals surface area contributed by atoms with E-state index in [0.29, 0.717) is 5.92 Å². The molecule has 0 aliphatic heterocycles. The molecule has 0 aliphatic carbocycles. The Balaban J connectivity index is 3.33. The highest BCUT2D eigenvalue weighted by Gasteiger charge is 2.25. The Morgan fingerprint density at radius 3 is 2.20 bits per heavy atom. The van der Waals surface area contributed by atoms with Gasteiger partial charge in [0.2, 0.25) is 0 Å². The number of methoxy groups -OCH3 is 1. The topological polar surface area (TPSA) is 18.5 Å². The molecule has 172 valence electrons. The van der Waals surface area contributed by atoms with Crippen molar-refractivity contribution in [3.8, 4) is 11.5 Å². The van der Waals surface area contributed by atoms with E-state index in [0.717, 1.165) is 36.5 Å². The Labute approximate surface area is 187 Å². The highest BCUT2D eigenvalue weighted by atomic mass is 16.5. The molecule has 0 saturated heterocycles. The first-order chi connectivity index (χ1) is 14.1. The zero-order valence-corrected chi connectivity index (χ0v) is 21.4. The number of hydrogen-bond acceptors (Lipinski definition) is 2. The zero-order chi connectivity index (χ0) is 22.8. The monoisotopic (exact) mass is 416 g/mol. The van der Waals surface area contributed by atoms with Crippen molar-refractivity contribution < 1.29 is 9.47 Å². The third-order valence-electron chi connectivity index (χ3n) is 6.57. The second-order valence-electron chi connectivity index (χ2n) is 10.1. The van der Waals surface area contributed by atoms with Crippen LogP contribution >= 0.6 is 0 Å². The lowest BCUT2D eigenvalue weighted by Crippen LogP contribution is -2.18. The standard InChI is InChI=1S/C28H48O2/c1-10-14-15-22(12-3)21-30-25-20-24(28(7,8)13-4)26(29-9)19-23(25)16-18-27(5,6)17-11-2/h16,18-20,22H,10-15,17,21H2,1-9H3. The number of hydrogen-bond donors (Lipinski definition) is 0. The fourth-order valence-electron chi connectivity index (χ4n) is 3.87. The molecule has 0 spiro atoms. The number of allylic oxidation sites excluding steroid dienone is 1. The van der Waals surface area contributed by atoms with E-state index >= 15 is 0 Å². The average molecular weight is 417 g/mol. The first kappa shape index (κ1) is 26.6. The van der Waals surface area contributed by atoms with Crippen LogP contribution in [0.5, 0.6) is 11.5 Å². The first-order valence-electron chi connectivity index (χ1n) is 12.2. The van der Waals surface area contributed by atoms with E-state index in [1.165, 1.54) is 37.7 Å². The normalized spacial score (nSPS) is 13.6. The second kappa shape index (κ2) is 12.4. The molecule has 1 unspecified atom stereocenters. The average Bonchev–Trinajstić information content (AvgIpc) is 2.72. The number of benzene rings is 1. The maximum Gasteiger partial charge on any atom is 0.127 e. The van der Waals surface area contributed by atoms with Crippen molar-refractivity contribution in [2.24, 2.45) is 11.3 Å². The maximum absolute atomic E-state index is 6.49. The van der Waals surface area contributed by atoms with Gasteiger partial charge in [-0.3, -0.25) is 0 Å². The van der Waals surface area contributed by atoms with E-state index in [-0.39, 0.29) is 10.8 Å². The van der Waals surface area contributed by atoms with Crippen LogP contribution in [0.1, 0.15) is 111 Å². The summed E-state index contributed by atoms with van der Waals surface area (Å²) in [6.07, 6.45) is 12.9. The first-order valence-corrected chi connectivity index (χ1v) is 12.2. The molecule has 0 N–H and O–H groups in total. The minimum Gasteiger partial charge on any atom is -0.496 e. The largest absolute Gasteiger partial charge is 0.496 e. The van der Waals surface area contributed by atoms with E-state index in [9.17, 15) is 0 Å². The minimum atomic E-state index is 0.0412. The lowest BCUT2D eigenvalue weighted by Gasteiger charge is -2.27. The van der Waals surface area contributed by atoms with Crippen LogP contribution in [0.3, 0.4) is 0 Å². The molecular formula is C28H48O2. The summed E-state index contributed by atoms with van der Waals surface area (Å²) in [6.45, 7) is 19.0. The van der Waals surface area contributed by atoms with Gasteiger partial charge < -0.3 is 9.47 Å². The molecule has 2 nitrogen and oxygen atoms in total.